The van der Waals surface area contributed by atoms with Gasteiger partial charge in [-0.15, -0.1) is 0 Å². The van der Waals surface area contributed by atoms with Crippen molar-refractivity contribution in [1.29, 1.82) is 5.26 Å². The van der Waals surface area contributed by atoms with E-state index >= 15 is 0 Å². The summed E-state index contributed by atoms with van der Waals surface area (Å²) in [5, 5.41) is 10.1. The lowest BCUT2D eigenvalue weighted by molar-refractivity contribution is 0.0525. The summed E-state index contributed by atoms with van der Waals surface area (Å²) in [6.07, 6.45) is -0.347. The van der Waals surface area contributed by atoms with Crippen molar-refractivity contribution in [2.24, 2.45) is 0 Å². The molecule has 0 saturated carbocycles. The number of piperazine rings is 2. The molecule has 3 aliphatic rings. The first-order valence-corrected chi connectivity index (χ1v) is 14.5. The zero-order valence-corrected chi connectivity index (χ0v) is 24.7. The smallest absolute Gasteiger partial charge is 0.409 e. The third-order valence-electron chi connectivity index (χ3n) is 7.68. The number of anilines is 1. The molecule has 0 atom stereocenters. The number of nitrogens with zero attached hydrogens (tertiary/aromatic N) is 6. The number of hydrogen-bond donors (Lipinski definition) is 0. The van der Waals surface area contributed by atoms with Crippen molar-refractivity contribution in [1.82, 2.24) is 19.7 Å². The Labute approximate surface area is 250 Å². The molecule has 1 amide bonds. The van der Waals surface area contributed by atoms with Gasteiger partial charge in [0, 0.05) is 76.5 Å². The van der Waals surface area contributed by atoms with Crippen LogP contribution in [0.15, 0.2) is 18.2 Å². The van der Waals surface area contributed by atoms with Crippen molar-refractivity contribution in [2.75, 3.05) is 83.8 Å². The summed E-state index contributed by atoms with van der Waals surface area (Å²) < 4.78 is 21.7. The van der Waals surface area contributed by atoms with Crippen LogP contribution in [0.1, 0.15) is 34.1 Å². The summed E-state index contributed by atoms with van der Waals surface area (Å²) in [6, 6.07) is 7.37. The zero-order valence-electron chi connectivity index (χ0n) is 23.9. The number of ether oxygens (including phenoxy) is 4. The second kappa shape index (κ2) is 13.5. The summed E-state index contributed by atoms with van der Waals surface area (Å²) in [5.74, 6) is 1.37. The van der Waals surface area contributed by atoms with Gasteiger partial charge in [-0.25, -0.2) is 14.6 Å². The van der Waals surface area contributed by atoms with E-state index < -0.39 is 5.97 Å². The van der Waals surface area contributed by atoms with Crippen LogP contribution in [0.4, 0.5) is 10.6 Å². The van der Waals surface area contributed by atoms with E-state index in [1.165, 1.54) is 6.07 Å². The molecule has 42 heavy (non-hydrogen) atoms. The number of hydrogen-bond acceptors (Lipinski definition) is 11. The van der Waals surface area contributed by atoms with Gasteiger partial charge in [-0.1, -0.05) is 11.6 Å². The molecule has 1 aromatic heterocycles. The second-order valence-corrected chi connectivity index (χ2v) is 10.7. The van der Waals surface area contributed by atoms with Gasteiger partial charge in [0.25, 0.3) is 0 Å². The maximum atomic E-state index is 12.7. The van der Waals surface area contributed by atoms with E-state index in [2.05, 4.69) is 20.9 Å². The fraction of sp³-hybridized carbons (Fsp3) is 0.517. The number of rotatable bonds is 8. The molecular formula is C29H35ClN6O6. The van der Waals surface area contributed by atoms with Gasteiger partial charge in [-0.2, -0.15) is 5.26 Å². The Hall–Kier alpha value is -3.79. The Bertz CT molecular complexity index is 1350. The number of halogens is 1. The lowest BCUT2D eigenvalue weighted by atomic mass is 10.1. The molecule has 2 aromatic rings. The van der Waals surface area contributed by atoms with E-state index in [9.17, 15) is 14.9 Å². The van der Waals surface area contributed by atoms with Crippen LogP contribution in [-0.2, 0) is 16.0 Å². The van der Waals surface area contributed by atoms with Crippen LogP contribution in [0.3, 0.4) is 0 Å². The molecule has 0 radical (unpaired) electrons. The van der Waals surface area contributed by atoms with Crippen molar-refractivity contribution in [2.45, 2.75) is 20.4 Å². The monoisotopic (exact) mass is 598 g/mol. The normalized spacial score (nSPS) is 17.2. The molecule has 0 N–H and O–H groups in total. The fourth-order valence-electron chi connectivity index (χ4n) is 5.25. The summed E-state index contributed by atoms with van der Waals surface area (Å²) in [4.78, 5) is 38.1. The molecule has 224 valence electrons. The van der Waals surface area contributed by atoms with E-state index in [0.717, 1.165) is 44.0 Å². The molecule has 2 saturated heterocycles. The summed E-state index contributed by atoms with van der Waals surface area (Å²) >= 11 is 6.45. The Morgan fingerprint density at radius 2 is 1.69 bits per heavy atom. The highest BCUT2D eigenvalue weighted by Crippen LogP contribution is 2.37. The molecule has 2 fully saturated rings. The van der Waals surface area contributed by atoms with Gasteiger partial charge in [0.2, 0.25) is 6.79 Å². The van der Waals surface area contributed by atoms with Gasteiger partial charge in [0.15, 0.2) is 11.5 Å². The molecule has 3 aliphatic heterocycles. The number of amides is 1. The summed E-state index contributed by atoms with van der Waals surface area (Å²) in [5.41, 5.74) is 2.15. The highest BCUT2D eigenvalue weighted by Gasteiger charge is 2.28. The van der Waals surface area contributed by atoms with Gasteiger partial charge in [-0.05, 0) is 31.5 Å². The van der Waals surface area contributed by atoms with E-state index in [1.54, 1.807) is 18.7 Å². The quantitative estimate of drug-likeness (QED) is 0.417. The number of carbonyl (C=O) groups is 2. The average Bonchev–Trinajstić information content (AvgIpc) is 3.45. The average molecular weight is 599 g/mol. The number of benzene rings is 1. The molecule has 0 spiro atoms. The molecule has 0 bridgehead atoms. The standard InChI is InChI=1S/C29H35ClN6O6/c1-3-39-28(37)23-14-21(17-31)20(2)32-27(23)35-8-10-36(11-9-35)29(38)40-13-12-33-4-6-34(7-5-33)18-22-15-25-26(16-24(22)30)42-19-41-25/h14-16H,3-13,18-19H2,1-2H3. The van der Waals surface area contributed by atoms with Crippen molar-refractivity contribution in [3.63, 3.8) is 0 Å². The van der Waals surface area contributed by atoms with E-state index in [4.69, 9.17) is 30.5 Å². The first kappa shape index (κ1) is 29.7. The Kier molecular flexibility index (Phi) is 9.51. The van der Waals surface area contributed by atoms with Gasteiger partial charge in [0.05, 0.1) is 17.9 Å². The molecule has 13 heteroatoms. The maximum Gasteiger partial charge on any atom is 0.409 e. The van der Waals surface area contributed by atoms with Crippen LogP contribution in [-0.4, -0.2) is 111 Å². The molecule has 4 heterocycles. The predicted molar refractivity (Wildman–Crippen MR) is 154 cm³/mol. The number of aryl methyl sites for hydroxylation is 1. The molecule has 12 nitrogen and oxygen atoms in total. The molecule has 5 rings (SSSR count). The fourth-order valence-corrected chi connectivity index (χ4v) is 5.47. The molecular weight excluding hydrogens is 564 g/mol. The van der Waals surface area contributed by atoms with Crippen LogP contribution < -0.4 is 14.4 Å². The number of pyridine rings is 1. The van der Waals surface area contributed by atoms with Crippen LogP contribution in [0.5, 0.6) is 11.5 Å². The van der Waals surface area contributed by atoms with Crippen LogP contribution >= 0.6 is 11.6 Å². The number of fused-ring (bicyclic) bond motifs is 1. The zero-order chi connectivity index (χ0) is 29.6. The summed E-state index contributed by atoms with van der Waals surface area (Å²) in [6.45, 7) is 11.0. The predicted octanol–water partition coefficient (Wildman–Crippen LogP) is 2.90. The Morgan fingerprint density at radius 1 is 1.00 bits per heavy atom. The largest absolute Gasteiger partial charge is 0.462 e. The van der Waals surface area contributed by atoms with Crippen molar-refractivity contribution in [3.05, 3.63) is 45.6 Å². The summed E-state index contributed by atoms with van der Waals surface area (Å²) in [7, 11) is 0. The minimum absolute atomic E-state index is 0.222. The minimum atomic E-state index is -0.518. The van der Waals surface area contributed by atoms with Crippen LogP contribution in [0, 0.1) is 18.3 Å². The van der Waals surface area contributed by atoms with E-state index in [-0.39, 0.29) is 25.1 Å². The van der Waals surface area contributed by atoms with Gasteiger partial charge < -0.3 is 28.7 Å². The van der Waals surface area contributed by atoms with Crippen LogP contribution in [0.25, 0.3) is 0 Å². The van der Waals surface area contributed by atoms with Gasteiger partial charge in [-0.3, -0.25) is 9.80 Å². The third kappa shape index (κ3) is 6.81. The highest BCUT2D eigenvalue weighted by molar-refractivity contribution is 6.31. The number of carbonyl (C=O) groups excluding carboxylic acids is 2. The van der Waals surface area contributed by atoms with Crippen molar-refractivity contribution in [3.8, 4) is 17.6 Å². The lowest BCUT2D eigenvalue weighted by Crippen LogP contribution is -2.50. The first-order valence-electron chi connectivity index (χ1n) is 14.1. The first-order chi connectivity index (χ1) is 20.4. The topological polar surface area (TPSA) is 121 Å². The van der Waals surface area contributed by atoms with Gasteiger partial charge >= 0.3 is 12.1 Å². The third-order valence-corrected chi connectivity index (χ3v) is 8.03. The lowest BCUT2D eigenvalue weighted by Gasteiger charge is -2.36. The number of aromatic nitrogens is 1. The number of esters is 1. The van der Waals surface area contributed by atoms with E-state index in [1.807, 2.05) is 17.0 Å². The van der Waals surface area contributed by atoms with Crippen molar-refractivity contribution < 1.29 is 28.5 Å². The second-order valence-electron chi connectivity index (χ2n) is 10.3. The van der Waals surface area contributed by atoms with Gasteiger partial charge in [0.1, 0.15) is 24.1 Å². The Morgan fingerprint density at radius 3 is 2.38 bits per heavy atom. The van der Waals surface area contributed by atoms with Crippen molar-refractivity contribution >= 4 is 29.5 Å². The molecule has 0 unspecified atom stereocenters. The van der Waals surface area contributed by atoms with E-state index in [0.29, 0.717) is 67.2 Å². The molecule has 0 aliphatic carbocycles. The highest BCUT2D eigenvalue weighted by atomic mass is 35.5. The Balaban J connectivity index is 1.05. The maximum absolute atomic E-state index is 12.7. The molecule has 1 aromatic carbocycles. The SMILES string of the molecule is CCOC(=O)c1cc(C#N)c(C)nc1N1CCN(C(=O)OCCN2CCN(Cc3cc4c(cc3Cl)OCO4)CC2)CC1. The number of nitriles is 1. The van der Waals surface area contributed by atoms with Crippen LogP contribution in [0.2, 0.25) is 5.02 Å². The minimum Gasteiger partial charge on any atom is -0.462 e.